The second-order valence-electron chi connectivity index (χ2n) is 7.36. The number of hydrogen-bond acceptors (Lipinski definition) is 3. The van der Waals surface area contributed by atoms with E-state index in [-0.39, 0.29) is 24.0 Å². The lowest BCUT2D eigenvalue weighted by Crippen LogP contribution is -2.41. The summed E-state index contributed by atoms with van der Waals surface area (Å²) in [5.74, 6) is 1.37. The number of rotatable bonds is 2. The molecule has 124 valence electrons. The van der Waals surface area contributed by atoms with Crippen LogP contribution in [-0.4, -0.2) is 36.5 Å². The minimum atomic E-state index is -0.0911. The van der Waals surface area contributed by atoms with Gasteiger partial charge < -0.3 is 15.4 Å². The Bertz CT molecular complexity index is 562. The van der Waals surface area contributed by atoms with Crippen LogP contribution in [0, 0.1) is 17.8 Å². The monoisotopic (exact) mass is 314 g/mol. The van der Waals surface area contributed by atoms with Gasteiger partial charge >= 0.3 is 0 Å². The molecule has 0 aromatic heterocycles. The average molecular weight is 314 g/mol. The van der Waals surface area contributed by atoms with Crippen LogP contribution in [0.15, 0.2) is 30.3 Å². The number of benzene rings is 1. The fraction of sp³-hybridized carbons (Fsp3) is 0.632. The first-order valence-electron chi connectivity index (χ1n) is 8.95. The molecular formula is C19H26N2O2. The Balaban J connectivity index is 1.50. The van der Waals surface area contributed by atoms with Crippen LogP contribution in [0.5, 0.6) is 0 Å². The van der Waals surface area contributed by atoms with Crippen LogP contribution in [0.4, 0.5) is 0 Å². The maximum absolute atomic E-state index is 13.1. The Kier molecular flexibility index (Phi) is 4.12. The molecule has 0 radical (unpaired) electrons. The number of fused-ring (bicyclic) bond motifs is 1. The second kappa shape index (κ2) is 6.25. The van der Waals surface area contributed by atoms with E-state index in [0.29, 0.717) is 11.8 Å². The van der Waals surface area contributed by atoms with E-state index in [1.54, 1.807) is 0 Å². The number of likely N-dealkylation sites (tertiary alicyclic amines) is 1. The lowest BCUT2D eigenvalue weighted by molar-refractivity contribution is -0.144. The molecule has 4 nitrogen and oxygen atoms in total. The highest BCUT2D eigenvalue weighted by molar-refractivity contribution is 5.80. The van der Waals surface area contributed by atoms with Crippen molar-refractivity contribution in [1.29, 1.82) is 0 Å². The van der Waals surface area contributed by atoms with Crippen LogP contribution in [0.3, 0.4) is 0 Å². The van der Waals surface area contributed by atoms with Crippen molar-refractivity contribution in [2.45, 2.75) is 37.8 Å². The van der Waals surface area contributed by atoms with E-state index in [9.17, 15) is 4.79 Å². The predicted octanol–water partition coefficient (Wildman–Crippen LogP) is 2.35. The fourth-order valence-electron chi connectivity index (χ4n) is 4.73. The van der Waals surface area contributed by atoms with E-state index in [1.807, 2.05) is 18.2 Å². The molecule has 3 fully saturated rings. The first-order valence-corrected chi connectivity index (χ1v) is 8.95. The Hall–Kier alpha value is -1.39. The summed E-state index contributed by atoms with van der Waals surface area (Å²) < 4.78 is 6.00. The number of ether oxygens (including phenoxy) is 1. The standard InChI is InChI=1S/C19H26N2O2/c20-17-9-8-14-11-21(12-16(14)17)19(22)15-7-4-10-23-18(15)13-5-2-1-3-6-13/h1-3,5-6,14-18H,4,7-12,20H2. The van der Waals surface area contributed by atoms with E-state index in [2.05, 4.69) is 17.0 Å². The lowest BCUT2D eigenvalue weighted by Gasteiger charge is -2.34. The summed E-state index contributed by atoms with van der Waals surface area (Å²) in [5, 5.41) is 0. The van der Waals surface area contributed by atoms with Crippen LogP contribution in [-0.2, 0) is 9.53 Å². The molecule has 1 saturated carbocycles. The van der Waals surface area contributed by atoms with E-state index < -0.39 is 0 Å². The van der Waals surface area contributed by atoms with Crippen LogP contribution in [0.2, 0.25) is 0 Å². The Labute approximate surface area is 138 Å². The number of carbonyl (C=O) groups is 1. The molecule has 1 amide bonds. The van der Waals surface area contributed by atoms with Crippen molar-refractivity contribution in [3.8, 4) is 0 Å². The van der Waals surface area contributed by atoms with E-state index in [0.717, 1.165) is 44.5 Å². The van der Waals surface area contributed by atoms with E-state index in [4.69, 9.17) is 10.5 Å². The number of hydrogen-bond donors (Lipinski definition) is 1. The van der Waals surface area contributed by atoms with Gasteiger partial charge in [0.05, 0.1) is 12.0 Å². The van der Waals surface area contributed by atoms with Crippen molar-refractivity contribution in [3.63, 3.8) is 0 Å². The summed E-state index contributed by atoms with van der Waals surface area (Å²) in [6.07, 6.45) is 4.11. The highest BCUT2D eigenvalue weighted by Gasteiger charge is 2.45. The van der Waals surface area contributed by atoms with Gasteiger partial charge in [-0.25, -0.2) is 0 Å². The molecule has 5 unspecified atom stereocenters. The molecule has 4 heteroatoms. The third-order valence-corrected chi connectivity index (χ3v) is 5.99. The number of nitrogens with two attached hydrogens (primary N) is 1. The van der Waals surface area contributed by atoms with Crippen molar-refractivity contribution in [3.05, 3.63) is 35.9 Å². The summed E-state index contributed by atoms with van der Waals surface area (Å²) in [6, 6.07) is 10.5. The van der Waals surface area contributed by atoms with E-state index >= 15 is 0 Å². The van der Waals surface area contributed by atoms with Crippen molar-refractivity contribution in [2.24, 2.45) is 23.5 Å². The van der Waals surface area contributed by atoms with Crippen LogP contribution >= 0.6 is 0 Å². The van der Waals surface area contributed by atoms with Crippen LogP contribution in [0.25, 0.3) is 0 Å². The molecule has 5 atom stereocenters. The Morgan fingerprint density at radius 2 is 1.96 bits per heavy atom. The topological polar surface area (TPSA) is 55.6 Å². The SMILES string of the molecule is NC1CCC2CN(C(=O)C3CCCOC3c3ccccc3)CC12. The molecular weight excluding hydrogens is 288 g/mol. The zero-order valence-corrected chi connectivity index (χ0v) is 13.6. The zero-order chi connectivity index (χ0) is 15.8. The highest BCUT2D eigenvalue weighted by Crippen LogP contribution is 2.40. The zero-order valence-electron chi connectivity index (χ0n) is 13.6. The van der Waals surface area contributed by atoms with Gasteiger partial charge in [-0.2, -0.15) is 0 Å². The summed E-state index contributed by atoms with van der Waals surface area (Å²) >= 11 is 0. The molecule has 2 saturated heterocycles. The van der Waals surface area contributed by atoms with Crippen LogP contribution in [0.1, 0.15) is 37.4 Å². The molecule has 23 heavy (non-hydrogen) atoms. The molecule has 2 N–H and O–H groups in total. The number of amides is 1. The fourth-order valence-corrected chi connectivity index (χ4v) is 4.73. The van der Waals surface area contributed by atoms with E-state index in [1.165, 1.54) is 6.42 Å². The van der Waals surface area contributed by atoms with Gasteiger partial charge in [-0.05, 0) is 43.1 Å². The maximum Gasteiger partial charge on any atom is 0.228 e. The van der Waals surface area contributed by atoms with Gasteiger partial charge in [-0.15, -0.1) is 0 Å². The van der Waals surface area contributed by atoms with Gasteiger partial charge in [-0.3, -0.25) is 4.79 Å². The molecule has 0 bridgehead atoms. The molecule has 1 aliphatic carbocycles. The summed E-state index contributed by atoms with van der Waals surface area (Å²) in [4.78, 5) is 15.2. The minimum Gasteiger partial charge on any atom is -0.373 e. The quantitative estimate of drug-likeness (QED) is 0.911. The van der Waals surface area contributed by atoms with Crippen molar-refractivity contribution >= 4 is 5.91 Å². The van der Waals surface area contributed by atoms with Gasteiger partial charge in [0.15, 0.2) is 0 Å². The molecule has 2 heterocycles. The number of nitrogens with zero attached hydrogens (tertiary/aromatic N) is 1. The summed E-state index contributed by atoms with van der Waals surface area (Å²) in [6.45, 7) is 2.50. The third kappa shape index (κ3) is 2.79. The Morgan fingerprint density at radius 3 is 2.74 bits per heavy atom. The van der Waals surface area contributed by atoms with Crippen LogP contribution < -0.4 is 5.73 Å². The maximum atomic E-state index is 13.1. The first-order chi connectivity index (χ1) is 11.2. The minimum absolute atomic E-state index is 0.0406. The second-order valence-corrected chi connectivity index (χ2v) is 7.36. The normalized spacial score (nSPS) is 36.9. The molecule has 3 aliphatic rings. The van der Waals surface area contributed by atoms with Crippen molar-refractivity contribution in [1.82, 2.24) is 4.90 Å². The molecule has 0 spiro atoms. The molecule has 2 aliphatic heterocycles. The summed E-state index contributed by atoms with van der Waals surface area (Å²) in [5.41, 5.74) is 7.34. The van der Waals surface area contributed by atoms with Gasteiger partial charge in [-0.1, -0.05) is 30.3 Å². The predicted molar refractivity (Wildman–Crippen MR) is 88.6 cm³/mol. The largest absolute Gasteiger partial charge is 0.373 e. The highest BCUT2D eigenvalue weighted by atomic mass is 16.5. The van der Waals surface area contributed by atoms with Crippen molar-refractivity contribution in [2.75, 3.05) is 19.7 Å². The average Bonchev–Trinajstić information content (AvgIpc) is 3.17. The van der Waals surface area contributed by atoms with Gasteiger partial charge in [0.25, 0.3) is 0 Å². The molecule has 4 rings (SSSR count). The third-order valence-electron chi connectivity index (χ3n) is 5.99. The first kappa shape index (κ1) is 15.2. The summed E-state index contributed by atoms with van der Waals surface area (Å²) in [7, 11) is 0. The van der Waals surface area contributed by atoms with Gasteiger partial charge in [0.1, 0.15) is 0 Å². The van der Waals surface area contributed by atoms with Crippen molar-refractivity contribution < 1.29 is 9.53 Å². The number of carbonyl (C=O) groups excluding carboxylic acids is 1. The molecule has 1 aromatic rings. The smallest absolute Gasteiger partial charge is 0.228 e. The Morgan fingerprint density at radius 1 is 1.13 bits per heavy atom. The van der Waals surface area contributed by atoms with Gasteiger partial charge in [0.2, 0.25) is 5.91 Å². The lowest BCUT2D eigenvalue weighted by atomic mass is 9.88. The molecule has 1 aromatic carbocycles. The van der Waals surface area contributed by atoms with Gasteiger partial charge in [0, 0.05) is 25.7 Å².